The molecule has 2 rings (SSSR count). The number of anilines is 1. The van der Waals surface area contributed by atoms with Crippen LogP contribution in [-0.4, -0.2) is 63.2 Å². The van der Waals surface area contributed by atoms with E-state index in [1.165, 1.54) is 0 Å². The van der Waals surface area contributed by atoms with Crippen molar-refractivity contribution in [2.24, 2.45) is 0 Å². The van der Waals surface area contributed by atoms with Crippen molar-refractivity contribution >= 4 is 29.9 Å². The number of benzene rings is 1. The second-order valence-electron chi connectivity index (χ2n) is 5.76. The summed E-state index contributed by atoms with van der Waals surface area (Å²) in [5.41, 5.74) is 1.70. The summed E-state index contributed by atoms with van der Waals surface area (Å²) in [6.45, 7) is 4.72. The third-order valence-electron chi connectivity index (χ3n) is 3.80. The zero-order valence-electron chi connectivity index (χ0n) is 14.5. The summed E-state index contributed by atoms with van der Waals surface area (Å²) in [6.07, 6.45) is 0.461. The molecule has 140 valence electrons. The normalized spacial score (nSPS) is 14.4. The van der Waals surface area contributed by atoms with Crippen molar-refractivity contribution in [1.29, 1.82) is 0 Å². The van der Waals surface area contributed by atoms with Gasteiger partial charge in [0.15, 0.2) is 0 Å². The average Bonchev–Trinajstić information content (AvgIpc) is 2.60. The Morgan fingerprint density at radius 3 is 2.68 bits per heavy atom. The van der Waals surface area contributed by atoms with Crippen LogP contribution < -0.4 is 16.0 Å². The van der Waals surface area contributed by atoms with Gasteiger partial charge in [0.2, 0.25) is 11.8 Å². The Labute approximate surface area is 154 Å². The molecule has 0 bridgehead atoms. The van der Waals surface area contributed by atoms with Gasteiger partial charge < -0.3 is 20.7 Å². The fourth-order valence-electron chi connectivity index (χ4n) is 2.49. The molecule has 1 saturated heterocycles. The van der Waals surface area contributed by atoms with Gasteiger partial charge in [0.25, 0.3) is 0 Å². The van der Waals surface area contributed by atoms with Crippen molar-refractivity contribution in [3.05, 3.63) is 29.8 Å². The maximum absolute atomic E-state index is 12.1. The van der Waals surface area contributed by atoms with E-state index in [4.69, 9.17) is 4.74 Å². The van der Waals surface area contributed by atoms with E-state index in [1.54, 1.807) is 7.05 Å². The lowest BCUT2D eigenvalue weighted by Gasteiger charge is -2.26. The zero-order chi connectivity index (χ0) is 17.2. The van der Waals surface area contributed by atoms with Crippen LogP contribution in [-0.2, 0) is 20.9 Å². The number of nitrogens with one attached hydrogen (secondary N) is 3. The van der Waals surface area contributed by atoms with Crippen LogP contribution in [0.15, 0.2) is 24.3 Å². The molecule has 0 atom stereocenters. The minimum absolute atomic E-state index is 0. The summed E-state index contributed by atoms with van der Waals surface area (Å²) in [6, 6.07) is 7.53. The number of likely N-dealkylation sites (N-methyl/N-ethyl adjacent to an activating group) is 1. The van der Waals surface area contributed by atoms with E-state index in [0.29, 0.717) is 13.0 Å². The Kier molecular flexibility index (Phi) is 10.1. The molecule has 1 aromatic carbocycles. The van der Waals surface area contributed by atoms with Gasteiger partial charge in [-0.25, -0.2) is 0 Å². The molecule has 1 aliphatic rings. The molecular weight excluding hydrogens is 344 g/mol. The van der Waals surface area contributed by atoms with Crippen LogP contribution in [0.3, 0.4) is 0 Å². The molecule has 0 radical (unpaired) electrons. The lowest BCUT2D eigenvalue weighted by molar-refractivity contribution is -0.120. The number of carbonyl (C=O) groups is 2. The highest BCUT2D eigenvalue weighted by molar-refractivity contribution is 5.90. The number of hydrogen-bond acceptors (Lipinski definition) is 5. The Hall–Kier alpha value is -1.67. The number of amides is 2. The summed E-state index contributed by atoms with van der Waals surface area (Å²) in [5, 5.41) is 8.53. The summed E-state index contributed by atoms with van der Waals surface area (Å²) in [4.78, 5) is 25.8. The Morgan fingerprint density at radius 2 is 1.96 bits per heavy atom. The van der Waals surface area contributed by atoms with Crippen molar-refractivity contribution in [3.8, 4) is 0 Å². The van der Waals surface area contributed by atoms with Gasteiger partial charge >= 0.3 is 0 Å². The lowest BCUT2D eigenvalue weighted by atomic mass is 10.2. The quantitative estimate of drug-likeness (QED) is 0.624. The van der Waals surface area contributed by atoms with Gasteiger partial charge in [-0.3, -0.25) is 14.5 Å². The minimum atomic E-state index is -0.0579. The van der Waals surface area contributed by atoms with Crippen LogP contribution in [0, 0.1) is 0 Å². The Bertz CT molecular complexity index is 550. The molecule has 1 heterocycles. The van der Waals surface area contributed by atoms with E-state index in [1.807, 2.05) is 24.3 Å². The van der Waals surface area contributed by atoms with Crippen molar-refractivity contribution in [2.45, 2.75) is 13.0 Å². The number of nitrogens with zero attached hydrogens (tertiary/aromatic N) is 1. The first-order chi connectivity index (χ1) is 11.7. The minimum Gasteiger partial charge on any atom is -0.379 e. The molecule has 0 saturated carbocycles. The maximum atomic E-state index is 12.1. The van der Waals surface area contributed by atoms with Crippen LogP contribution in [0.5, 0.6) is 0 Å². The van der Waals surface area contributed by atoms with Gasteiger partial charge in [0.05, 0.1) is 19.8 Å². The van der Waals surface area contributed by atoms with E-state index in [2.05, 4.69) is 20.9 Å². The Morgan fingerprint density at radius 1 is 1.20 bits per heavy atom. The third kappa shape index (κ3) is 8.31. The molecule has 0 unspecified atom stereocenters. The molecule has 1 aromatic rings. The number of ether oxygens (including phenoxy) is 1. The molecule has 8 heteroatoms. The highest BCUT2D eigenvalue weighted by Crippen LogP contribution is 2.11. The monoisotopic (exact) mass is 370 g/mol. The van der Waals surface area contributed by atoms with Crippen molar-refractivity contribution in [3.63, 3.8) is 0 Å². The summed E-state index contributed by atoms with van der Waals surface area (Å²) >= 11 is 0. The molecule has 1 aliphatic heterocycles. The molecule has 1 fully saturated rings. The first-order valence-corrected chi connectivity index (χ1v) is 8.27. The van der Waals surface area contributed by atoms with E-state index in [9.17, 15) is 9.59 Å². The molecule has 7 nitrogen and oxygen atoms in total. The van der Waals surface area contributed by atoms with Crippen molar-refractivity contribution in [2.75, 3.05) is 51.8 Å². The summed E-state index contributed by atoms with van der Waals surface area (Å²) in [5.74, 6) is -0.0599. The zero-order valence-corrected chi connectivity index (χ0v) is 15.4. The number of rotatable bonds is 8. The van der Waals surface area contributed by atoms with E-state index >= 15 is 0 Å². The fraction of sp³-hybridized carbons (Fsp3) is 0.529. The van der Waals surface area contributed by atoms with Gasteiger partial charge in [-0.2, -0.15) is 0 Å². The van der Waals surface area contributed by atoms with E-state index in [0.717, 1.165) is 44.1 Å². The van der Waals surface area contributed by atoms with Crippen LogP contribution >= 0.6 is 12.4 Å². The molecule has 0 aliphatic carbocycles. The topological polar surface area (TPSA) is 82.7 Å². The molecule has 0 spiro atoms. The van der Waals surface area contributed by atoms with Crippen molar-refractivity contribution in [1.82, 2.24) is 15.5 Å². The molecule has 2 amide bonds. The fourth-order valence-corrected chi connectivity index (χ4v) is 2.49. The summed E-state index contributed by atoms with van der Waals surface area (Å²) < 4.78 is 5.29. The smallest absolute Gasteiger partial charge is 0.234 e. The first kappa shape index (κ1) is 21.4. The van der Waals surface area contributed by atoms with Gasteiger partial charge in [-0.1, -0.05) is 12.1 Å². The maximum Gasteiger partial charge on any atom is 0.234 e. The molecular formula is C17H27ClN4O3. The number of hydrogen-bond donors (Lipinski definition) is 3. The van der Waals surface area contributed by atoms with Gasteiger partial charge in [-0.15, -0.1) is 12.4 Å². The van der Waals surface area contributed by atoms with Crippen LogP contribution in [0.1, 0.15) is 12.0 Å². The second kappa shape index (κ2) is 11.8. The van der Waals surface area contributed by atoms with Gasteiger partial charge in [0, 0.05) is 38.3 Å². The van der Waals surface area contributed by atoms with E-state index < -0.39 is 0 Å². The molecule has 3 N–H and O–H groups in total. The molecule has 25 heavy (non-hydrogen) atoms. The van der Waals surface area contributed by atoms with Crippen molar-refractivity contribution < 1.29 is 14.3 Å². The molecule has 0 aromatic heterocycles. The first-order valence-electron chi connectivity index (χ1n) is 8.27. The largest absolute Gasteiger partial charge is 0.379 e. The lowest BCUT2D eigenvalue weighted by Crippen LogP contribution is -2.38. The third-order valence-corrected chi connectivity index (χ3v) is 3.80. The highest BCUT2D eigenvalue weighted by Gasteiger charge is 2.12. The average molecular weight is 371 g/mol. The van der Waals surface area contributed by atoms with Crippen LogP contribution in [0.25, 0.3) is 0 Å². The standard InChI is InChI=1S/C17H26N4O3.ClH/c1-18-13-17(23)19-12-14-3-2-4-15(11-14)20-16(22)5-6-21-7-9-24-10-8-21;/h2-4,11,18H,5-10,12-13H2,1H3,(H,19,23)(H,20,22);1H. The highest BCUT2D eigenvalue weighted by atomic mass is 35.5. The van der Waals surface area contributed by atoms with Crippen LogP contribution in [0.4, 0.5) is 5.69 Å². The number of halogens is 1. The summed E-state index contributed by atoms with van der Waals surface area (Å²) in [7, 11) is 1.73. The Balaban J connectivity index is 0.00000312. The van der Waals surface area contributed by atoms with Gasteiger partial charge in [0.1, 0.15) is 0 Å². The predicted molar refractivity (Wildman–Crippen MR) is 100.0 cm³/mol. The van der Waals surface area contributed by atoms with Crippen LogP contribution in [0.2, 0.25) is 0 Å². The predicted octanol–water partition coefficient (Wildman–Crippen LogP) is 0.605. The number of morpholine rings is 1. The SMILES string of the molecule is CNCC(=O)NCc1cccc(NC(=O)CCN2CCOCC2)c1.Cl. The van der Waals surface area contributed by atoms with Gasteiger partial charge in [-0.05, 0) is 24.7 Å². The second-order valence-corrected chi connectivity index (χ2v) is 5.76. The number of carbonyl (C=O) groups excluding carboxylic acids is 2. The van der Waals surface area contributed by atoms with E-state index in [-0.39, 0.29) is 30.8 Å².